The molecule has 0 rings (SSSR count). The number of carbonyl (C=O) groups is 1. The molecule has 0 bridgehead atoms. The third-order valence-electron chi connectivity index (χ3n) is 10.7. The Labute approximate surface area is 376 Å². The van der Waals surface area contributed by atoms with Crippen molar-refractivity contribution in [3.8, 4) is 0 Å². The van der Waals surface area contributed by atoms with Gasteiger partial charge in [-0.2, -0.15) is 0 Å². The van der Waals surface area contributed by atoms with Crippen molar-refractivity contribution < 1.29 is 32.9 Å². The Kier molecular flexibility index (Phi) is 41.7. The predicted molar refractivity (Wildman–Crippen MR) is 260 cm³/mol. The summed E-state index contributed by atoms with van der Waals surface area (Å²) in [5.41, 5.74) is 0. The Hall–Kier alpha value is -2.06. The van der Waals surface area contributed by atoms with Crippen LogP contribution in [0.2, 0.25) is 0 Å². The minimum atomic E-state index is -4.60. The summed E-state index contributed by atoms with van der Waals surface area (Å²) in [6.07, 6.45) is 58.0. The van der Waals surface area contributed by atoms with Gasteiger partial charge in [-0.15, -0.1) is 0 Å². The lowest BCUT2D eigenvalue weighted by Gasteiger charge is -2.29. The van der Waals surface area contributed by atoms with Gasteiger partial charge in [-0.05, 0) is 64.2 Å². The van der Waals surface area contributed by atoms with Gasteiger partial charge in [0, 0.05) is 6.42 Å². The standard InChI is InChI=1S/C52H95N2O6P/c1-6-8-10-12-14-16-18-20-22-24-26-27-28-30-32-34-36-38-40-42-44-46-52(56)53-50(49-60-61(57,58)59-48-47-54(3,4)5)51(55)45-43-41-39-37-35-33-31-29-25-23-21-19-17-15-13-11-9-7-2/h8,10,14,16,20,22,26-27,30,32,43,45,50-51,55H,6-7,9,11-13,15,17-19,21,23-25,28-29,31,33-42,44,46-49H2,1-5H3,(H-,53,56,57,58)/b10-8-,16-14-,22-20-,27-26-,32-30-,45-43+. The highest BCUT2D eigenvalue weighted by molar-refractivity contribution is 7.45. The van der Waals surface area contributed by atoms with Gasteiger partial charge >= 0.3 is 0 Å². The SMILES string of the molecule is CC/C=C\C/C=C\C/C=C\C/C=C\C/C=C\CCCCCCCC(=O)NC(COP(=O)([O-])OCC[N+](C)(C)C)C(O)/C=C/CCCCCCCCCCCCCCCCCC. The first-order chi connectivity index (χ1) is 29.5. The van der Waals surface area contributed by atoms with Gasteiger partial charge in [0.2, 0.25) is 5.91 Å². The number of hydrogen-bond acceptors (Lipinski definition) is 6. The van der Waals surface area contributed by atoms with Crippen molar-refractivity contribution in [1.82, 2.24) is 5.32 Å². The number of phosphoric acid groups is 1. The molecule has 0 saturated carbocycles. The van der Waals surface area contributed by atoms with Crippen LogP contribution in [0, 0.1) is 0 Å². The lowest BCUT2D eigenvalue weighted by molar-refractivity contribution is -0.870. The molecule has 3 unspecified atom stereocenters. The molecule has 2 N–H and O–H groups in total. The predicted octanol–water partition coefficient (Wildman–Crippen LogP) is 13.7. The number of nitrogens with zero attached hydrogens (tertiary/aromatic N) is 1. The molecule has 0 spiro atoms. The zero-order valence-electron chi connectivity index (χ0n) is 40.1. The van der Waals surface area contributed by atoms with Gasteiger partial charge in [-0.3, -0.25) is 9.36 Å². The van der Waals surface area contributed by atoms with Crippen LogP contribution in [0.5, 0.6) is 0 Å². The molecule has 61 heavy (non-hydrogen) atoms. The molecule has 3 atom stereocenters. The van der Waals surface area contributed by atoms with Crippen molar-refractivity contribution in [1.29, 1.82) is 0 Å². The number of carbonyl (C=O) groups excluding carboxylic acids is 1. The lowest BCUT2D eigenvalue weighted by Crippen LogP contribution is -2.45. The first-order valence-electron chi connectivity index (χ1n) is 24.8. The van der Waals surface area contributed by atoms with E-state index >= 15 is 0 Å². The summed E-state index contributed by atoms with van der Waals surface area (Å²) in [7, 11) is 1.24. The Balaban J connectivity index is 4.41. The van der Waals surface area contributed by atoms with Crippen LogP contribution in [-0.2, 0) is 18.4 Å². The number of hydrogen-bond donors (Lipinski definition) is 2. The molecular weight excluding hydrogens is 780 g/mol. The second-order valence-electron chi connectivity index (χ2n) is 17.8. The van der Waals surface area contributed by atoms with Crippen molar-refractivity contribution in [3.63, 3.8) is 0 Å². The molecule has 0 aliphatic rings. The van der Waals surface area contributed by atoms with E-state index in [4.69, 9.17) is 9.05 Å². The second-order valence-corrected chi connectivity index (χ2v) is 19.2. The van der Waals surface area contributed by atoms with Crippen molar-refractivity contribution in [3.05, 3.63) is 72.9 Å². The Bertz CT molecular complexity index is 1220. The van der Waals surface area contributed by atoms with Gasteiger partial charge in [0.1, 0.15) is 13.2 Å². The summed E-state index contributed by atoms with van der Waals surface area (Å²) >= 11 is 0. The number of likely N-dealkylation sites (N-methyl/N-ethyl adjacent to an activating group) is 1. The molecule has 0 aliphatic heterocycles. The Morgan fingerprint density at radius 1 is 0.590 bits per heavy atom. The first kappa shape index (κ1) is 58.9. The van der Waals surface area contributed by atoms with Crippen LogP contribution in [0.3, 0.4) is 0 Å². The van der Waals surface area contributed by atoms with Gasteiger partial charge in [0.15, 0.2) is 0 Å². The maximum absolute atomic E-state index is 12.9. The summed E-state index contributed by atoms with van der Waals surface area (Å²) < 4.78 is 23.3. The fourth-order valence-corrected chi connectivity index (χ4v) is 7.49. The van der Waals surface area contributed by atoms with Gasteiger partial charge < -0.3 is 28.8 Å². The molecule has 0 fully saturated rings. The highest BCUT2D eigenvalue weighted by atomic mass is 31.2. The van der Waals surface area contributed by atoms with E-state index in [1.54, 1.807) is 6.08 Å². The van der Waals surface area contributed by atoms with Gasteiger partial charge in [0.25, 0.3) is 7.82 Å². The maximum atomic E-state index is 12.9. The van der Waals surface area contributed by atoms with E-state index in [1.165, 1.54) is 89.9 Å². The van der Waals surface area contributed by atoms with E-state index in [1.807, 2.05) is 27.2 Å². The van der Waals surface area contributed by atoms with Gasteiger partial charge in [-0.1, -0.05) is 202 Å². The molecule has 0 heterocycles. The number of rotatable bonds is 44. The summed E-state index contributed by atoms with van der Waals surface area (Å²) in [5, 5.41) is 13.8. The largest absolute Gasteiger partial charge is 0.756 e. The van der Waals surface area contributed by atoms with E-state index in [0.29, 0.717) is 17.4 Å². The van der Waals surface area contributed by atoms with Crippen LogP contribution >= 0.6 is 7.82 Å². The van der Waals surface area contributed by atoms with Crippen LogP contribution in [0.1, 0.15) is 200 Å². The molecular formula is C52H95N2O6P. The van der Waals surface area contributed by atoms with Crippen LogP contribution in [0.25, 0.3) is 0 Å². The third kappa shape index (κ3) is 45.8. The van der Waals surface area contributed by atoms with Crippen molar-refractivity contribution in [2.24, 2.45) is 0 Å². The normalized spacial score (nSPS) is 14.8. The number of unbranched alkanes of at least 4 members (excludes halogenated alkanes) is 21. The highest BCUT2D eigenvalue weighted by Crippen LogP contribution is 2.38. The zero-order valence-corrected chi connectivity index (χ0v) is 41.0. The molecule has 8 nitrogen and oxygen atoms in total. The summed E-state index contributed by atoms with van der Waals surface area (Å²) in [4.78, 5) is 25.4. The fourth-order valence-electron chi connectivity index (χ4n) is 6.77. The number of nitrogens with one attached hydrogen (secondary N) is 1. The minimum Gasteiger partial charge on any atom is -0.756 e. The third-order valence-corrected chi connectivity index (χ3v) is 11.6. The molecule has 0 radical (unpaired) electrons. The molecule has 0 aromatic rings. The average molecular weight is 875 g/mol. The quantitative estimate of drug-likeness (QED) is 0.0273. The van der Waals surface area contributed by atoms with Crippen molar-refractivity contribution in [2.75, 3.05) is 40.9 Å². The molecule has 0 aromatic carbocycles. The van der Waals surface area contributed by atoms with Crippen molar-refractivity contribution >= 4 is 13.7 Å². The van der Waals surface area contributed by atoms with E-state index in [0.717, 1.165) is 89.9 Å². The Morgan fingerprint density at radius 3 is 1.46 bits per heavy atom. The zero-order chi connectivity index (χ0) is 45.0. The molecule has 0 aliphatic carbocycles. The topological polar surface area (TPSA) is 108 Å². The first-order valence-corrected chi connectivity index (χ1v) is 26.3. The second kappa shape index (κ2) is 43.2. The van der Waals surface area contributed by atoms with Gasteiger partial charge in [0.05, 0.1) is 39.9 Å². The van der Waals surface area contributed by atoms with Crippen molar-refractivity contribution in [2.45, 2.75) is 212 Å². The smallest absolute Gasteiger partial charge is 0.268 e. The number of phosphoric ester groups is 1. The van der Waals surface area contributed by atoms with E-state index in [-0.39, 0.29) is 12.5 Å². The maximum Gasteiger partial charge on any atom is 0.268 e. The van der Waals surface area contributed by atoms with Crippen LogP contribution in [0.4, 0.5) is 0 Å². The van der Waals surface area contributed by atoms with Crippen LogP contribution < -0.4 is 10.2 Å². The molecule has 0 aromatic heterocycles. The van der Waals surface area contributed by atoms with E-state index in [2.05, 4.69) is 79.9 Å². The van der Waals surface area contributed by atoms with E-state index in [9.17, 15) is 19.4 Å². The summed E-state index contributed by atoms with van der Waals surface area (Å²) in [5.74, 6) is -0.218. The molecule has 1 amide bonds. The highest BCUT2D eigenvalue weighted by Gasteiger charge is 2.23. The molecule has 354 valence electrons. The average Bonchev–Trinajstić information content (AvgIpc) is 3.21. The minimum absolute atomic E-state index is 0.00854. The van der Waals surface area contributed by atoms with Crippen LogP contribution in [-0.4, -0.2) is 68.5 Å². The fraction of sp³-hybridized carbons (Fsp3) is 0.750. The lowest BCUT2D eigenvalue weighted by atomic mass is 10.0. The number of allylic oxidation sites excluding steroid dienone is 11. The van der Waals surface area contributed by atoms with Crippen LogP contribution in [0.15, 0.2) is 72.9 Å². The number of aliphatic hydroxyl groups excluding tert-OH is 1. The number of aliphatic hydroxyl groups is 1. The molecule has 0 saturated heterocycles. The summed E-state index contributed by atoms with van der Waals surface area (Å²) in [6, 6.07) is -0.901. The number of quaternary nitrogens is 1. The van der Waals surface area contributed by atoms with Gasteiger partial charge in [-0.25, -0.2) is 0 Å². The monoisotopic (exact) mass is 875 g/mol. The van der Waals surface area contributed by atoms with E-state index < -0.39 is 26.6 Å². The Morgan fingerprint density at radius 2 is 1.00 bits per heavy atom. The summed E-state index contributed by atoms with van der Waals surface area (Å²) in [6.45, 7) is 4.51. The number of amides is 1. The molecule has 9 heteroatoms.